The van der Waals surface area contributed by atoms with Gasteiger partial charge in [-0.05, 0) is 42.2 Å². The van der Waals surface area contributed by atoms with Gasteiger partial charge in [0.15, 0.2) is 0 Å². The number of rotatable bonds is 2. The van der Waals surface area contributed by atoms with Crippen molar-refractivity contribution in [1.29, 1.82) is 0 Å². The number of ether oxygens (including phenoxy) is 1. The van der Waals surface area contributed by atoms with Crippen LogP contribution in [0.2, 0.25) is 0 Å². The number of pyridine rings is 1. The Hall–Kier alpha value is -1.94. The summed E-state index contributed by atoms with van der Waals surface area (Å²) in [5.41, 5.74) is 2.85. The first kappa shape index (κ1) is 12.1. The Balaban J connectivity index is 2.00. The van der Waals surface area contributed by atoms with Crippen LogP contribution in [-0.4, -0.2) is 16.7 Å². The molecule has 0 radical (unpaired) electrons. The van der Waals surface area contributed by atoms with Gasteiger partial charge in [-0.15, -0.1) is 0 Å². The van der Waals surface area contributed by atoms with Gasteiger partial charge in [0.25, 0.3) is 0 Å². The third kappa shape index (κ3) is 2.31. The number of hydrogen-bond acceptors (Lipinski definition) is 3. The number of fused-ring (bicyclic) bond motifs is 1. The summed E-state index contributed by atoms with van der Waals surface area (Å²) in [5, 5.41) is 8.92. The van der Waals surface area contributed by atoms with Gasteiger partial charge in [0.1, 0.15) is 17.3 Å². The van der Waals surface area contributed by atoms with Crippen molar-refractivity contribution in [2.24, 2.45) is 0 Å². The normalized spacial score (nSPS) is 13.8. The van der Waals surface area contributed by atoms with Gasteiger partial charge in [0, 0.05) is 11.8 Å². The highest BCUT2D eigenvalue weighted by atomic mass is 19.1. The molecule has 0 unspecified atom stereocenters. The summed E-state index contributed by atoms with van der Waals surface area (Å²) in [5.74, 6) is 0.435. The van der Waals surface area contributed by atoms with Gasteiger partial charge in [-0.25, -0.2) is 4.39 Å². The van der Waals surface area contributed by atoms with E-state index in [1.807, 2.05) is 18.2 Å². The Bertz CT molecular complexity index is 613. The monoisotopic (exact) mass is 259 g/mol. The molecule has 2 aromatic rings. The maximum absolute atomic E-state index is 13.6. The van der Waals surface area contributed by atoms with Crippen molar-refractivity contribution in [3.63, 3.8) is 0 Å². The molecule has 1 aromatic heterocycles. The molecule has 0 amide bonds. The largest absolute Gasteiger partial charge is 0.493 e. The maximum Gasteiger partial charge on any atom is 0.147 e. The molecule has 3 nitrogen and oxygen atoms in total. The zero-order valence-electron chi connectivity index (χ0n) is 10.4. The Labute approximate surface area is 110 Å². The van der Waals surface area contributed by atoms with Crippen LogP contribution in [0.4, 0.5) is 4.39 Å². The first-order valence-corrected chi connectivity index (χ1v) is 6.29. The maximum atomic E-state index is 13.6. The van der Waals surface area contributed by atoms with Gasteiger partial charge < -0.3 is 9.84 Å². The summed E-state index contributed by atoms with van der Waals surface area (Å²) in [7, 11) is 0. The van der Waals surface area contributed by atoms with Crippen molar-refractivity contribution < 1.29 is 14.2 Å². The summed E-state index contributed by atoms with van der Waals surface area (Å²) < 4.78 is 19.2. The lowest BCUT2D eigenvalue weighted by atomic mass is 10.00. The lowest BCUT2D eigenvalue weighted by Gasteiger charge is -2.18. The number of aryl methyl sites for hydroxylation is 1. The van der Waals surface area contributed by atoms with Crippen molar-refractivity contribution in [3.8, 4) is 16.9 Å². The standard InChI is InChI=1S/C15H14FNO2/c16-13-7-12(8-17-14(13)9-18)10-3-4-15-11(6-10)2-1-5-19-15/h3-4,6-8,18H,1-2,5,9H2. The number of nitrogens with zero attached hydrogens (tertiary/aromatic N) is 1. The van der Waals surface area contributed by atoms with Crippen LogP contribution in [0.1, 0.15) is 17.7 Å². The SMILES string of the molecule is OCc1ncc(-c2ccc3c(c2)CCCO3)cc1F. The van der Waals surface area contributed by atoms with Gasteiger partial charge in [0.2, 0.25) is 0 Å². The van der Waals surface area contributed by atoms with Crippen molar-refractivity contribution >= 4 is 0 Å². The Morgan fingerprint density at radius 2 is 2.16 bits per heavy atom. The average molecular weight is 259 g/mol. The van der Waals surface area contributed by atoms with Gasteiger partial charge in [-0.3, -0.25) is 4.98 Å². The van der Waals surface area contributed by atoms with Crippen molar-refractivity contribution in [3.05, 3.63) is 47.5 Å². The molecule has 0 saturated heterocycles. The van der Waals surface area contributed by atoms with Crippen molar-refractivity contribution in [1.82, 2.24) is 4.98 Å². The molecular weight excluding hydrogens is 245 g/mol. The molecule has 98 valence electrons. The molecule has 3 rings (SSSR count). The lowest BCUT2D eigenvalue weighted by Crippen LogP contribution is -2.08. The van der Waals surface area contributed by atoms with Gasteiger partial charge in [-0.2, -0.15) is 0 Å². The topological polar surface area (TPSA) is 42.4 Å². The summed E-state index contributed by atoms with van der Waals surface area (Å²) in [6, 6.07) is 7.24. The zero-order chi connectivity index (χ0) is 13.2. The van der Waals surface area contributed by atoms with E-state index < -0.39 is 5.82 Å². The van der Waals surface area contributed by atoms with E-state index in [1.54, 1.807) is 6.20 Å². The van der Waals surface area contributed by atoms with Gasteiger partial charge in [-0.1, -0.05) is 6.07 Å². The molecule has 0 saturated carbocycles. The fourth-order valence-corrected chi connectivity index (χ4v) is 2.28. The van der Waals surface area contributed by atoms with Crippen molar-refractivity contribution in [2.45, 2.75) is 19.4 Å². The fourth-order valence-electron chi connectivity index (χ4n) is 2.28. The molecule has 0 bridgehead atoms. The van der Waals surface area contributed by atoms with E-state index in [0.29, 0.717) is 5.56 Å². The first-order chi connectivity index (χ1) is 9.28. The second-order valence-corrected chi connectivity index (χ2v) is 4.59. The molecule has 0 spiro atoms. The lowest BCUT2D eigenvalue weighted by molar-refractivity contribution is 0.270. The summed E-state index contributed by atoms with van der Waals surface area (Å²) in [6.45, 7) is 0.373. The molecule has 1 aliphatic rings. The number of aromatic nitrogens is 1. The van der Waals surface area contributed by atoms with Crippen LogP contribution in [-0.2, 0) is 13.0 Å². The quantitative estimate of drug-likeness (QED) is 0.901. The van der Waals surface area contributed by atoms with Gasteiger partial charge in [0.05, 0.1) is 13.2 Å². The summed E-state index contributed by atoms with van der Waals surface area (Å²) in [6.07, 6.45) is 3.57. The smallest absolute Gasteiger partial charge is 0.147 e. The van der Waals surface area contributed by atoms with Crippen LogP contribution in [0.5, 0.6) is 5.75 Å². The minimum absolute atomic E-state index is 0.0741. The molecule has 0 aliphatic carbocycles. The fraction of sp³-hybridized carbons (Fsp3) is 0.267. The highest BCUT2D eigenvalue weighted by Gasteiger charge is 2.12. The predicted octanol–water partition coefficient (Wildman–Crippen LogP) is 2.71. The molecule has 4 heteroatoms. The van der Waals surface area contributed by atoms with Crippen LogP contribution < -0.4 is 4.74 Å². The van der Waals surface area contributed by atoms with Crippen LogP contribution in [0.15, 0.2) is 30.5 Å². The summed E-state index contributed by atoms with van der Waals surface area (Å²) >= 11 is 0. The van der Waals surface area contributed by atoms with Gasteiger partial charge >= 0.3 is 0 Å². The minimum Gasteiger partial charge on any atom is -0.493 e. The first-order valence-electron chi connectivity index (χ1n) is 6.29. The number of aliphatic hydroxyl groups excluding tert-OH is 1. The number of aliphatic hydroxyl groups is 1. The second kappa shape index (κ2) is 4.97. The Morgan fingerprint density at radius 3 is 2.95 bits per heavy atom. The highest BCUT2D eigenvalue weighted by Crippen LogP contribution is 2.30. The third-order valence-electron chi connectivity index (χ3n) is 3.31. The molecular formula is C15H14FNO2. The van der Waals surface area contributed by atoms with E-state index >= 15 is 0 Å². The number of halogens is 1. The van der Waals surface area contributed by atoms with Crippen LogP contribution in [0, 0.1) is 5.82 Å². The van der Waals surface area contributed by atoms with Crippen molar-refractivity contribution in [2.75, 3.05) is 6.61 Å². The third-order valence-corrected chi connectivity index (χ3v) is 3.31. The van der Waals surface area contributed by atoms with E-state index in [1.165, 1.54) is 6.07 Å². The molecule has 1 aromatic carbocycles. The molecule has 2 heterocycles. The zero-order valence-corrected chi connectivity index (χ0v) is 10.4. The number of benzene rings is 1. The highest BCUT2D eigenvalue weighted by molar-refractivity contribution is 5.65. The minimum atomic E-state index is -0.478. The average Bonchev–Trinajstić information content (AvgIpc) is 2.46. The predicted molar refractivity (Wildman–Crippen MR) is 69.4 cm³/mol. The molecule has 1 N–H and O–H groups in total. The Morgan fingerprint density at radius 1 is 1.26 bits per heavy atom. The van der Waals surface area contributed by atoms with E-state index in [0.717, 1.165) is 36.3 Å². The van der Waals surface area contributed by atoms with Crippen LogP contribution in [0.25, 0.3) is 11.1 Å². The molecule has 1 aliphatic heterocycles. The van der Waals surface area contributed by atoms with Crippen LogP contribution >= 0.6 is 0 Å². The van der Waals surface area contributed by atoms with E-state index in [2.05, 4.69) is 4.98 Å². The van der Waals surface area contributed by atoms with E-state index in [9.17, 15) is 4.39 Å². The second-order valence-electron chi connectivity index (χ2n) is 4.59. The number of hydrogen-bond donors (Lipinski definition) is 1. The Kier molecular flexibility index (Phi) is 3.17. The molecule has 19 heavy (non-hydrogen) atoms. The van der Waals surface area contributed by atoms with Crippen LogP contribution in [0.3, 0.4) is 0 Å². The molecule has 0 atom stereocenters. The summed E-state index contributed by atoms with van der Waals surface area (Å²) in [4.78, 5) is 3.93. The molecule has 0 fully saturated rings. The van der Waals surface area contributed by atoms with E-state index in [-0.39, 0.29) is 12.3 Å². The van der Waals surface area contributed by atoms with E-state index in [4.69, 9.17) is 9.84 Å².